The molecule has 0 aliphatic carbocycles. The monoisotopic (exact) mass is 404 g/mol. The first kappa shape index (κ1) is 20.3. The summed E-state index contributed by atoms with van der Waals surface area (Å²) >= 11 is 6.14. The van der Waals surface area contributed by atoms with Crippen LogP contribution in [0.4, 0.5) is 10.1 Å². The molecule has 0 bridgehead atoms. The van der Waals surface area contributed by atoms with Gasteiger partial charge in [0.1, 0.15) is 5.82 Å². The highest BCUT2D eigenvalue weighted by atomic mass is 35.5. The zero-order valence-corrected chi connectivity index (χ0v) is 16.3. The quantitative estimate of drug-likeness (QED) is 0.762. The molecule has 2 aromatic carbocycles. The van der Waals surface area contributed by atoms with E-state index in [-0.39, 0.29) is 17.6 Å². The van der Waals surface area contributed by atoms with E-state index in [1.54, 1.807) is 24.3 Å². The molecule has 0 spiro atoms. The van der Waals surface area contributed by atoms with Crippen LogP contribution in [0.25, 0.3) is 0 Å². The third-order valence-corrected chi connectivity index (χ3v) is 5.29. The number of ether oxygens (including phenoxy) is 1. The van der Waals surface area contributed by atoms with Gasteiger partial charge in [-0.3, -0.25) is 9.69 Å². The highest BCUT2D eigenvalue weighted by Crippen LogP contribution is 2.26. The summed E-state index contributed by atoms with van der Waals surface area (Å²) in [5.74, 6) is -0.986. The van der Waals surface area contributed by atoms with Crippen LogP contribution in [0.15, 0.2) is 42.5 Å². The average Bonchev–Trinajstić information content (AvgIpc) is 2.71. The van der Waals surface area contributed by atoms with E-state index in [0.717, 1.165) is 0 Å². The maximum Gasteiger partial charge on any atom is 0.337 e. The van der Waals surface area contributed by atoms with Crippen molar-refractivity contribution in [3.8, 4) is 0 Å². The first-order chi connectivity index (χ1) is 13.5. The zero-order chi connectivity index (χ0) is 20.1. The maximum atomic E-state index is 13.8. The Hall–Kier alpha value is -2.44. The van der Waals surface area contributed by atoms with Crippen molar-refractivity contribution in [1.29, 1.82) is 0 Å². The molecule has 1 saturated heterocycles. The minimum atomic E-state index is -0.492. The van der Waals surface area contributed by atoms with Gasteiger partial charge in [-0.15, -0.1) is 0 Å². The molecule has 0 saturated carbocycles. The molecule has 1 fully saturated rings. The second-order valence-electron chi connectivity index (χ2n) is 6.82. The number of anilines is 1. The Morgan fingerprint density at radius 3 is 2.61 bits per heavy atom. The molecule has 1 aliphatic rings. The highest BCUT2D eigenvalue weighted by molar-refractivity contribution is 6.33. The van der Waals surface area contributed by atoms with Crippen molar-refractivity contribution >= 4 is 29.2 Å². The molecule has 5 nitrogen and oxygen atoms in total. The summed E-state index contributed by atoms with van der Waals surface area (Å²) in [5.41, 5.74) is 1.38. The number of carbonyl (C=O) groups is 2. The molecule has 1 aliphatic heterocycles. The maximum absolute atomic E-state index is 13.8. The zero-order valence-electron chi connectivity index (χ0n) is 15.6. The minimum absolute atomic E-state index is 0.130. The van der Waals surface area contributed by atoms with Crippen LogP contribution in [-0.2, 0) is 16.1 Å². The number of likely N-dealkylation sites (tertiary alicyclic amines) is 1. The number of hydrogen-bond acceptors (Lipinski definition) is 4. The van der Waals surface area contributed by atoms with E-state index in [9.17, 15) is 14.0 Å². The predicted molar refractivity (Wildman–Crippen MR) is 106 cm³/mol. The summed E-state index contributed by atoms with van der Waals surface area (Å²) in [6, 6.07) is 11.4. The predicted octanol–water partition coefficient (Wildman–Crippen LogP) is 4.12. The summed E-state index contributed by atoms with van der Waals surface area (Å²) in [6.07, 6.45) is 1.35. The van der Waals surface area contributed by atoms with Crippen LogP contribution in [0, 0.1) is 11.7 Å². The second-order valence-corrected chi connectivity index (χ2v) is 7.22. The Balaban J connectivity index is 1.57. The molecule has 0 aromatic heterocycles. The summed E-state index contributed by atoms with van der Waals surface area (Å²) in [6.45, 7) is 1.96. The van der Waals surface area contributed by atoms with Crippen molar-refractivity contribution in [2.45, 2.75) is 19.4 Å². The number of nitrogens with zero attached hydrogens (tertiary/aromatic N) is 1. The molecule has 1 heterocycles. The van der Waals surface area contributed by atoms with E-state index < -0.39 is 5.97 Å². The number of methoxy groups -OCH3 is 1. The van der Waals surface area contributed by atoms with Crippen LogP contribution in [0.1, 0.15) is 28.8 Å². The van der Waals surface area contributed by atoms with Gasteiger partial charge in [-0.05, 0) is 50.2 Å². The molecule has 148 valence electrons. The van der Waals surface area contributed by atoms with Crippen LogP contribution in [0.3, 0.4) is 0 Å². The Morgan fingerprint density at radius 2 is 1.93 bits per heavy atom. The number of benzene rings is 2. The lowest BCUT2D eigenvalue weighted by Crippen LogP contribution is -2.38. The Kier molecular flexibility index (Phi) is 6.65. The normalized spacial score (nSPS) is 15.2. The van der Waals surface area contributed by atoms with Crippen LogP contribution in [0.5, 0.6) is 0 Å². The van der Waals surface area contributed by atoms with E-state index in [1.165, 1.54) is 19.2 Å². The molecular weight excluding hydrogens is 383 g/mol. The number of nitrogens with one attached hydrogen (secondary N) is 1. The number of amides is 1. The van der Waals surface area contributed by atoms with Gasteiger partial charge in [0.15, 0.2) is 0 Å². The van der Waals surface area contributed by atoms with Gasteiger partial charge in [0.05, 0.1) is 23.4 Å². The topological polar surface area (TPSA) is 58.6 Å². The fourth-order valence-corrected chi connectivity index (χ4v) is 3.49. The third kappa shape index (κ3) is 4.88. The van der Waals surface area contributed by atoms with E-state index in [1.807, 2.05) is 6.07 Å². The van der Waals surface area contributed by atoms with Gasteiger partial charge in [-0.2, -0.15) is 0 Å². The lowest BCUT2D eigenvalue weighted by molar-refractivity contribution is -0.121. The Bertz CT molecular complexity index is 866. The van der Waals surface area contributed by atoms with E-state index in [4.69, 9.17) is 16.3 Å². The van der Waals surface area contributed by atoms with Crippen LogP contribution in [-0.4, -0.2) is 37.0 Å². The van der Waals surface area contributed by atoms with Crippen molar-refractivity contribution < 1.29 is 18.7 Å². The first-order valence-corrected chi connectivity index (χ1v) is 9.50. The lowest BCUT2D eigenvalue weighted by atomic mass is 9.95. The summed E-state index contributed by atoms with van der Waals surface area (Å²) in [5, 5.41) is 3.18. The van der Waals surface area contributed by atoms with E-state index in [0.29, 0.717) is 54.3 Å². The van der Waals surface area contributed by atoms with Gasteiger partial charge in [0.25, 0.3) is 0 Å². The number of hydrogen-bond donors (Lipinski definition) is 1. The molecule has 0 unspecified atom stereocenters. The van der Waals surface area contributed by atoms with E-state index in [2.05, 4.69) is 10.2 Å². The Morgan fingerprint density at radius 1 is 1.21 bits per heavy atom. The van der Waals surface area contributed by atoms with Crippen LogP contribution < -0.4 is 5.32 Å². The van der Waals surface area contributed by atoms with Gasteiger partial charge in [0.2, 0.25) is 5.91 Å². The van der Waals surface area contributed by atoms with Gasteiger partial charge < -0.3 is 10.1 Å². The molecule has 1 N–H and O–H groups in total. The minimum Gasteiger partial charge on any atom is -0.465 e. The van der Waals surface area contributed by atoms with Crippen molar-refractivity contribution in [2.24, 2.45) is 5.92 Å². The largest absolute Gasteiger partial charge is 0.465 e. The fourth-order valence-electron chi connectivity index (χ4n) is 3.32. The van der Waals surface area contributed by atoms with Crippen LogP contribution >= 0.6 is 11.6 Å². The van der Waals surface area contributed by atoms with Crippen molar-refractivity contribution in [2.75, 3.05) is 25.5 Å². The molecule has 2 aromatic rings. The number of esters is 1. The number of carbonyl (C=O) groups excluding carboxylic acids is 2. The molecule has 0 atom stereocenters. The van der Waals surface area contributed by atoms with Crippen LogP contribution in [0.2, 0.25) is 5.02 Å². The average molecular weight is 405 g/mol. The molecular formula is C21H22ClFN2O3. The second kappa shape index (κ2) is 9.17. The molecule has 3 rings (SSSR count). The van der Waals surface area contributed by atoms with Crippen molar-refractivity contribution in [3.63, 3.8) is 0 Å². The third-order valence-electron chi connectivity index (χ3n) is 4.96. The number of halogens is 2. The van der Waals surface area contributed by atoms with Gasteiger partial charge >= 0.3 is 5.97 Å². The molecule has 1 amide bonds. The van der Waals surface area contributed by atoms with Gasteiger partial charge in [-0.1, -0.05) is 29.8 Å². The van der Waals surface area contributed by atoms with Gasteiger partial charge in [-0.25, -0.2) is 9.18 Å². The Labute approximate surface area is 168 Å². The lowest BCUT2D eigenvalue weighted by Gasteiger charge is -2.31. The summed E-state index contributed by atoms with van der Waals surface area (Å²) in [7, 11) is 1.30. The standard InChI is InChI=1S/C21H22ClFN2O3/c1-28-21(27)15-6-7-17(22)19(12-15)24-20(26)14-8-10-25(11-9-14)13-16-4-2-3-5-18(16)23/h2-7,12,14H,8-11,13H2,1H3,(H,24,26). The fraction of sp³-hybridized carbons (Fsp3) is 0.333. The van der Waals surface area contributed by atoms with E-state index >= 15 is 0 Å². The molecule has 7 heteroatoms. The SMILES string of the molecule is COC(=O)c1ccc(Cl)c(NC(=O)C2CCN(Cc3ccccc3F)CC2)c1. The number of piperidine rings is 1. The van der Waals surface area contributed by atoms with Crippen molar-refractivity contribution in [1.82, 2.24) is 4.90 Å². The number of rotatable bonds is 5. The molecule has 0 radical (unpaired) electrons. The molecule has 28 heavy (non-hydrogen) atoms. The van der Waals surface area contributed by atoms with Gasteiger partial charge in [0, 0.05) is 18.0 Å². The highest BCUT2D eigenvalue weighted by Gasteiger charge is 2.26. The summed E-state index contributed by atoms with van der Waals surface area (Å²) < 4.78 is 18.5. The summed E-state index contributed by atoms with van der Waals surface area (Å²) in [4.78, 5) is 26.4. The smallest absolute Gasteiger partial charge is 0.337 e. The first-order valence-electron chi connectivity index (χ1n) is 9.12. The van der Waals surface area contributed by atoms with Crippen molar-refractivity contribution in [3.05, 3.63) is 64.4 Å².